The van der Waals surface area contributed by atoms with Gasteiger partial charge in [-0.05, 0) is 32.3 Å². The van der Waals surface area contributed by atoms with E-state index in [0.717, 1.165) is 6.92 Å². The van der Waals surface area contributed by atoms with Crippen molar-refractivity contribution in [3.63, 3.8) is 0 Å². The fourth-order valence-electron chi connectivity index (χ4n) is 2.51. The quantitative estimate of drug-likeness (QED) is 0.633. The minimum Gasteiger partial charge on any atom is -0.398 e. The van der Waals surface area contributed by atoms with E-state index < -0.39 is 71.0 Å². The third-order valence-electron chi connectivity index (χ3n) is 3.65. The number of Topliss-reactive ketones (excluding diaryl/α,β-unsaturated/α-hetero) is 2. The van der Waals surface area contributed by atoms with Gasteiger partial charge in [0.15, 0.2) is 5.78 Å². The second-order valence-corrected chi connectivity index (χ2v) is 5.16. The number of anilines is 1. The number of rotatable bonds is 1. The molecule has 22 heavy (non-hydrogen) atoms. The Morgan fingerprint density at radius 3 is 2.86 bits per heavy atom. The van der Waals surface area contributed by atoms with Crippen LogP contribution in [-0.4, -0.2) is 21.1 Å². The van der Waals surface area contributed by atoms with E-state index >= 15 is 0 Å². The molecule has 1 aromatic heterocycles. The molecule has 6 nitrogen and oxygen atoms in total. The van der Waals surface area contributed by atoms with Crippen LogP contribution in [0.2, 0.25) is 0 Å². The number of fused-ring (bicyclic) bond motifs is 1. The minimum atomic E-state index is -3.12. The van der Waals surface area contributed by atoms with Crippen LogP contribution in [-0.2, 0) is 15.1 Å². The second kappa shape index (κ2) is 4.76. The van der Waals surface area contributed by atoms with Gasteiger partial charge in [0.2, 0.25) is 0 Å². The van der Waals surface area contributed by atoms with Crippen LogP contribution in [0.25, 0.3) is 10.9 Å². The van der Waals surface area contributed by atoms with Crippen molar-refractivity contribution >= 4 is 28.2 Å². The Kier molecular flexibility index (Phi) is 1.78. The van der Waals surface area contributed by atoms with E-state index in [9.17, 15) is 14.4 Å². The summed E-state index contributed by atoms with van der Waals surface area (Å²) in [5, 5.41) is -0.441. The first kappa shape index (κ1) is 8.22. The Morgan fingerprint density at radius 1 is 1.41 bits per heavy atom. The molecule has 1 atom stereocenters. The van der Waals surface area contributed by atoms with Gasteiger partial charge in [0.1, 0.15) is 17.1 Å². The molecule has 1 saturated carbocycles. The summed E-state index contributed by atoms with van der Waals surface area (Å²) in [4.78, 5) is 42.1. The summed E-state index contributed by atoms with van der Waals surface area (Å²) in [6.45, 7) is 2.27. The molecule has 0 spiro atoms. The molecule has 0 radical (unpaired) electrons. The number of ketones is 2. The molecule has 0 saturated heterocycles. The smallest absolute Gasteiger partial charge is 0.264 e. The predicted octanol–water partition coefficient (Wildman–Crippen LogP) is 1.32. The van der Waals surface area contributed by atoms with Gasteiger partial charge in [-0.25, -0.2) is 4.98 Å². The van der Waals surface area contributed by atoms with Gasteiger partial charge in [-0.1, -0.05) is 6.04 Å². The maximum atomic E-state index is 13.3. The third kappa shape index (κ3) is 1.94. The van der Waals surface area contributed by atoms with Crippen LogP contribution in [0, 0.1) is 6.92 Å². The molecule has 114 valence electrons. The van der Waals surface area contributed by atoms with Crippen LogP contribution in [0.1, 0.15) is 41.5 Å². The number of nitrogens with two attached hydrogens (primary N) is 1. The van der Waals surface area contributed by atoms with Crippen molar-refractivity contribution in [3.05, 3.63) is 34.3 Å². The van der Waals surface area contributed by atoms with Crippen molar-refractivity contribution in [2.24, 2.45) is 0 Å². The fraction of sp³-hybridized carbons (Fsp3) is 0.375. The van der Waals surface area contributed by atoms with E-state index in [2.05, 4.69) is 4.98 Å². The number of carbonyl (C=O) groups excluding carboxylic acids is 2. The number of hydrogen-bond acceptors (Lipinski definition) is 5. The van der Waals surface area contributed by atoms with Crippen molar-refractivity contribution < 1.29 is 19.2 Å². The highest BCUT2D eigenvalue weighted by atomic mass is 16.2. The van der Waals surface area contributed by atoms with Gasteiger partial charge < -0.3 is 5.73 Å². The van der Waals surface area contributed by atoms with Gasteiger partial charge in [-0.3, -0.25) is 19.0 Å². The van der Waals surface area contributed by atoms with Crippen LogP contribution in [0.3, 0.4) is 0 Å². The first-order valence-corrected chi connectivity index (χ1v) is 6.48. The summed E-state index contributed by atoms with van der Waals surface area (Å²) in [6.07, 6.45) is -7.09. The van der Waals surface area contributed by atoms with Crippen molar-refractivity contribution in [1.82, 2.24) is 9.55 Å². The maximum absolute atomic E-state index is 13.3. The topological polar surface area (TPSA) is 95.0 Å². The molecular weight excluding hydrogens is 282 g/mol. The molecule has 1 aliphatic rings. The highest BCUT2D eigenvalue weighted by molar-refractivity contribution is 6.05. The zero-order chi connectivity index (χ0) is 22.3. The Labute approximate surface area is 136 Å². The summed E-state index contributed by atoms with van der Waals surface area (Å²) in [6, 6.07) is -1.66. The molecule has 1 aliphatic carbocycles. The van der Waals surface area contributed by atoms with E-state index in [0.29, 0.717) is 4.57 Å². The molecule has 0 bridgehead atoms. The average Bonchev–Trinajstić information content (AvgIpc) is 2.62. The SMILES string of the molecule is [2H]c1c([2H])c(N)c2c(=O)n([C@@]3(C)C(=O)CC(=O)C([2H])([2H])C3([2H])[2H])c(C)nc2c1[2H]. The molecular formula is C16H17N3O3. The number of nitrogen functional groups attached to an aromatic ring is 1. The minimum absolute atomic E-state index is 0.225. The molecule has 1 fully saturated rings. The highest BCUT2D eigenvalue weighted by Crippen LogP contribution is 2.30. The monoisotopic (exact) mass is 306 g/mol. The van der Waals surface area contributed by atoms with Gasteiger partial charge in [0, 0.05) is 17.5 Å². The molecule has 1 aromatic carbocycles. The van der Waals surface area contributed by atoms with Crippen molar-refractivity contribution in [1.29, 1.82) is 0 Å². The fourth-order valence-corrected chi connectivity index (χ4v) is 2.51. The lowest BCUT2D eigenvalue weighted by Crippen LogP contribution is -2.49. The van der Waals surface area contributed by atoms with E-state index in [1.807, 2.05) is 0 Å². The normalized spacial score (nSPS) is 31.5. The van der Waals surface area contributed by atoms with Gasteiger partial charge in [-0.2, -0.15) is 0 Å². The predicted molar refractivity (Wildman–Crippen MR) is 82.7 cm³/mol. The van der Waals surface area contributed by atoms with Gasteiger partial charge in [0.05, 0.1) is 21.4 Å². The lowest BCUT2D eigenvalue weighted by atomic mass is 9.81. The Bertz CT molecular complexity index is 1180. The van der Waals surface area contributed by atoms with Gasteiger partial charge in [-0.15, -0.1) is 0 Å². The lowest BCUT2D eigenvalue weighted by molar-refractivity contribution is -0.136. The molecule has 1 heterocycles. The summed E-state index contributed by atoms with van der Waals surface area (Å²) >= 11 is 0. The Hall–Kier alpha value is -2.50. The lowest BCUT2D eigenvalue weighted by Gasteiger charge is -2.34. The Morgan fingerprint density at radius 2 is 2.14 bits per heavy atom. The van der Waals surface area contributed by atoms with Crippen LogP contribution in [0.15, 0.2) is 22.9 Å². The molecule has 0 unspecified atom stereocenters. The van der Waals surface area contributed by atoms with Crippen molar-refractivity contribution in [2.75, 3.05) is 5.73 Å². The zero-order valence-electron chi connectivity index (χ0n) is 18.9. The number of carbonyl (C=O) groups is 2. The molecule has 2 N–H and O–H groups in total. The molecule has 3 rings (SSSR count). The number of nitrogens with zero attached hydrogens (tertiary/aromatic N) is 2. The number of aromatic nitrogens is 2. The summed E-state index contributed by atoms with van der Waals surface area (Å²) in [7, 11) is 0. The van der Waals surface area contributed by atoms with E-state index in [1.54, 1.807) is 0 Å². The number of benzene rings is 1. The van der Waals surface area contributed by atoms with E-state index in [-0.39, 0.29) is 11.3 Å². The molecule has 2 aromatic rings. The maximum Gasteiger partial charge on any atom is 0.264 e. The number of hydrogen-bond donors (Lipinski definition) is 1. The van der Waals surface area contributed by atoms with Crippen LogP contribution in [0.4, 0.5) is 5.69 Å². The van der Waals surface area contributed by atoms with E-state index in [1.165, 1.54) is 6.92 Å². The van der Waals surface area contributed by atoms with Crippen LogP contribution >= 0.6 is 0 Å². The molecule has 0 amide bonds. The molecule has 0 aliphatic heterocycles. The third-order valence-corrected chi connectivity index (χ3v) is 3.65. The molecule has 6 heteroatoms. The zero-order valence-corrected chi connectivity index (χ0v) is 11.9. The van der Waals surface area contributed by atoms with Gasteiger partial charge in [0.25, 0.3) is 5.56 Å². The average molecular weight is 306 g/mol. The first-order chi connectivity index (χ1) is 13.1. The summed E-state index contributed by atoms with van der Waals surface area (Å²) < 4.78 is 56.6. The van der Waals surface area contributed by atoms with Crippen molar-refractivity contribution in [2.45, 2.75) is 38.6 Å². The standard InChI is InChI=1S/C16H17N3O3/c1-9-18-12-5-3-4-11(17)14(12)15(22)19(9)16(2)7-6-10(20)8-13(16)21/h3-5H,6-8,17H2,1-2H3/t16-/m1/s1/i3D,4D,5D,6D2,7D2. The largest absolute Gasteiger partial charge is 0.398 e. The van der Waals surface area contributed by atoms with Crippen molar-refractivity contribution in [3.8, 4) is 0 Å². The Balaban J connectivity index is 2.52. The highest BCUT2D eigenvalue weighted by Gasteiger charge is 2.41. The van der Waals surface area contributed by atoms with Crippen LogP contribution in [0.5, 0.6) is 0 Å². The number of aryl methyl sites for hydroxylation is 1. The first-order valence-electron chi connectivity index (χ1n) is 9.98. The van der Waals surface area contributed by atoms with Crippen LogP contribution < -0.4 is 11.3 Å². The van der Waals surface area contributed by atoms with E-state index in [4.69, 9.17) is 15.3 Å². The summed E-state index contributed by atoms with van der Waals surface area (Å²) in [5.74, 6) is -2.47. The second-order valence-electron chi connectivity index (χ2n) is 5.16. The van der Waals surface area contributed by atoms with Gasteiger partial charge >= 0.3 is 0 Å². The summed E-state index contributed by atoms with van der Waals surface area (Å²) in [5.41, 5.74) is 1.56.